The van der Waals surface area contributed by atoms with Gasteiger partial charge in [0.2, 0.25) is 0 Å². The molecule has 0 saturated heterocycles. The lowest BCUT2D eigenvalue weighted by molar-refractivity contribution is 0.595. The van der Waals surface area contributed by atoms with E-state index < -0.39 is 12.7 Å². The summed E-state index contributed by atoms with van der Waals surface area (Å²) >= 11 is 6.10. The Kier molecular flexibility index (Phi) is 4.82. The topological polar surface area (TPSA) is 22.1 Å². The number of aryl methyl sites for hydroxylation is 1. The van der Waals surface area contributed by atoms with Crippen LogP contribution in [-0.2, 0) is 0 Å². The van der Waals surface area contributed by atoms with Crippen molar-refractivity contribution in [1.29, 1.82) is 0 Å². The van der Waals surface area contributed by atoms with Crippen molar-refractivity contribution in [2.75, 3.05) is 0 Å². The molecule has 2 nitrogen and oxygen atoms in total. The van der Waals surface area contributed by atoms with Crippen molar-refractivity contribution in [2.45, 2.75) is 6.92 Å². The fourth-order valence-electron chi connectivity index (χ4n) is 3.19. The van der Waals surface area contributed by atoms with Gasteiger partial charge in [-0.3, -0.25) is 4.98 Å². The maximum absolute atomic E-state index is 14.0. The number of nitrogens with zero attached hydrogens (tertiary/aromatic N) is 1. The Hall–Kier alpha value is -2.85. The molecule has 0 aliphatic heterocycles. The van der Waals surface area contributed by atoms with Gasteiger partial charge in [-0.2, -0.15) is 0 Å². The zero-order chi connectivity index (χ0) is 18.8. The second-order valence-corrected chi connectivity index (χ2v) is 6.88. The molecular weight excluding hydrogens is 360 g/mol. The second-order valence-electron chi connectivity index (χ2n) is 6.45. The van der Waals surface area contributed by atoms with Gasteiger partial charge >= 0.3 is 6.92 Å². The summed E-state index contributed by atoms with van der Waals surface area (Å²) in [6.07, 6.45) is 1.73. The Morgan fingerprint density at radius 1 is 0.926 bits per heavy atom. The van der Waals surface area contributed by atoms with Crippen molar-refractivity contribution in [3.63, 3.8) is 0 Å². The molecule has 0 radical (unpaired) electrons. The van der Waals surface area contributed by atoms with Crippen molar-refractivity contribution in [2.24, 2.45) is 0 Å². The Balaban J connectivity index is 1.85. The van der Waals surface area contributed by atoms with Crippen molar-refractivity contribution < 1.29 is 9.04 Å². The Morgan fingerprint density at radius 2 is 1.74 bits per heavy atom. The van der Waals surface area contributed by atoms with E-state index in [0.717, 1.165) is 21.9 Å². The van der Waals surface area contributed by atoms with Crippen molar-refractivity contribution in [3.05, 3.63) is 95.4 Å². The van der Waals surface area contributed by atoms with Crippen LogP contribution in [0.2, 0.25) is 5.02 Å². The minimum atomic E-state index is -0.509. The monoisotopic (exact) mass is 375 g/mol. The normalized spacial score (nSPS) is 10.8. The third kappa shape index (κ3) is 3.81. The second kappa shape index (κ2) is 7.41. The standard InChI is InChI=1S/C22H16BClFNO/c1-15-5-2-8-17(11-15)23(18-12-19(24)14-20(25)13-18)27-21-9-3-6-16-7-4-10-26-22(16)21/h2-14H,1H3. The Bertz CT molecular complexity index is 1090. The molecule has 1 heterocycles. The van der Waals surface area contributed by atoms with Crippen LogP contribution in [0.1, 0.15) is 5.56 Å². The highest BCUT2D eigenvalue weighted by Crippen LogP contribution is 2.23. The first-order valence-corrected chi connectivity index (χ1v) is 9.01. The molecule has 0 bridgehead atoms. The molecule has 1 aromatic heterocycles. The average Bonchev–Trinajstić information content (AvgIpc) is 2.65. The van der Waals surface area contributed by atoms with Gasteiger partial charge in [0.05, 0.1) is 0 Å². The molecule has 0 aliphatic carbocycles. The molecule has 0 N–H and O–H groups in total. The van der Waals surface area contributed by atoms with E-state index in [0.29, 0.717) is 16.2 Å². The van der Waals surface area contributed by atoms with Gasteiger partial charge in [-0.1, -0.05) is 59.6 Å². The molecule has 5 heteroatoms. The number of hydrogen-bond donors (Lipinski definition) is 0. The van der Waals surface area contributed by atoms with Crippen molar-refractivity contribution in [3.8, 4) is 5.75 Å². The molecule has 0 spiro atoms. The minimum Gasteiger partial charge on any atom is -0.550 e. The molecule has 27 heavy (non-hydrogen) atoms. The van der Waals surface area contributed by atoms with Crippen LogP contribution in [0.15, 0.2) is 79.0 Å². The van der Waals surface area contributed by atoms with E-state index in [-0.39, 0.29) is 0 Å². The highest BCUT2D eigenvalue weighted by molar-refractivity contribution is 6.80. The van der Waals surface area contributed by atoms with E-state index in [9.17, 15) is 4.39 Å². The van der Waals surface area contributed by atoms with Gasteiger partial charge in [-0.15, -0.1) is 0 Å². The molecule has 0 unspecified atom stereocenters. The average molecular weight is 376 g/mol. The molecular formula is C22H16BClFNO. The number of pyridine rings is 1. The molecule has 0 fully saturated rings. The van der Waals surface area contributed by atoms with Gasteiger partial charge < -0.3 is 4.65 Å². The molecule has 0 aliphatic rings. The van der Waals surface area contributed by atoms with E-state index in [1.54, 1.807) is 12.3 Å². The van der Waals surface area contributed by atoms with Gasteiger partial charge in [0, 0.05) is 16.6 Å². The van der Waals surface area contributed by atoms with Crippen LogP contribution in [-0.4, -0.2) is 11.9 Å². The first kappa shape index (κ1) is 17.6. The molecule has 132 valence electrons. The zero-order valence-corrected chi connectivity index (χ0v) is 15.5. The smallest absolute Gasteiger partial charge is 0.426 e. The highest BCUT2D eigenvalue weighted by Gasteiger charge is 2.26. The lowest BCUT2D eigenvalue weighted by Gasteiger charge is -2.18. The first-order chi connectivity index (χ1) is 13.1. The number of hydrogen-bond acceptors (Lipinski definition) is 2. The SMILES string of the molecule is Cc1cccc(B(Oc2cccc3cccnc23)c2cc(F)cc(Cl)c2)c1. The van der Waals surface area contributed by atoms with E-state index in [1.165, 1.54) is 12.1 Å². The summed E-state index contributed by atoms with van der Waals surface area (Å²) in [5.74, 6) is 0.245. The van der Waals surface area contributed by atoms with Crippen LogP contribution in [0.4, 0.5) is 4.39 Å². The first-order valence-electron chi connectivity index (χ1n) is 8.63. The van der Waals surface area contributed by atoms with Crippen LogP contribution >= 0.6 is 11.6 Å². The van der Waals surface area contributed by atoms with Gasteiger partial charge in [-0.05, 0) is 48.2 Å². The predicted molar refractivity (Wildman–Crippen MR) is 110 cm³/mol. The summed E-state index contributed by atoms with van der Waals surface area (Å²) in [5.41, 5.74) is 3.43. The number of benzene rings is 3. The summed E-state index contributed by atoms with van der Waals surface area (Å²) < 4.78 is 20.4. The number of halogens is 2. The largest absolute Gasteiger partial charge is 0.550 e. The summed E-state index contributed by atoms with van der Waals surface area (Å²) in [6.45, 7) is 1.50. The molecule has 3 aromatic carbocycles. The summed E-state index contributed by atoms with van der Waals surface area (Å²) in [7, 11) is 0. The number of aromatic nitrogens is 1. The lowest BCUT2D eigenvalue weighted by atomic mass is 9.55. The quantitative estimate of drug-likeness (QED) is 0.489. The number of rotatable bonds is 4. The molecule has 0 atom stereocenters. The van der Waals surface area contributed by atoms with E-state index in [4.69, 9.17) is 16.3 Å². The van der Waals surface area contributed by atoms with Gasteiger partial charge in [0.15, 0.2) is 0 Å². The maximum atomic E-state index is 14.0. The highest BCUT2D eigenvalue weighted by atomic mass is 35.5. The van der Waals surface area contributed by atoms with E-state index in [1.807, 2.05) is 61.5 Å². The summed E-state index contributed by atoms with van der Waals surface area (Å²) in [4.78, 5) is 4.45. The van der Waals surface area contributed by atoms with Crippen molar-refractivity contribution >= 4 is 40.3 Å². The fourth-order valence-corrected chi connectivity index (χ4v) is 3.42. The Morgan fingerprint density at radius 3 is 2.56 bits per heavy atom. The van der Waals surface area contributed by atoms with Gasteiger partial charge in [-0.25, -0.2) is 4.39 Å². The molecule has 4 rings (SSSR count). The van der Waals surface area contributed by atoms with Crippen LogP contribution in [0.25, 0.3) is 10.9 Å². The zero-order valence-electron chi connectivity index (χ0n) is 14.7. The molecule has 0 saturated carbocycles. The van der Waals surface area contributed by atoms with Crippen molar-refractivity contribution in [1.82, 2.24) is 4.98 Å². The van der Waals surface area contributed by atoms with Crippen LogP contribution < -0.4 is 15.6 Å². The van der Waals surface area contributed by atoms with Crippen LogP contribution in [0, 0.1) is 12.7 Å². The van der Waals surface area contributed by atoms with Crippen LogP contribution in [0.3, 0.4) is 0 Å². The summed E-state index contributed by atoms with van der Waals surface area (Å²) in [6, 6.07) is 22.1. The summed E-state index contributed by atoms with van der Waals surface area (Å²) in [5, 5.41) is 1.32. The number of para-hydroxylation sites is 1. The minimum absolute atomic E-state index is 0.335. The molecule has 0 amide bonds. The maximum Gasteiger partial charge on any atom is 0.426 e. The lowest BCUT2D eigenvalue weighted by Crippen LogP contribution is -2.48. The van der Waals surface area contributed by atoms with E-state index in [2.05, 4.69) is 4.98 Å². The van der Waals surface area contributed by atoms with Crippen LogP contribution in [0.5, 0.6) is 5.75 Å². The third-order valence-corrected chi connectivity index (χ3v) is 4.59. The Labute approximate surface area is 162 Å². The number of fused-ring (bicyclic) bond motifs is 1. The predicted octanol–water partition coefficient (Wildman–Crippen LogP) is 4.52. The third-order valence-electron chi connectivity index (χ3n) is 4.37. The van der Waals surface area contributed by atoms with E-state index >= 15 is 0 Å². The fraction of sp³-hybridized carbons (Fsp3) is 0.0455. The van der Waals surface area contributed by atoms with Gasteiger partial charge in [0.25, 0.3) is 0 Å². The van der Waals surface area contributed by atoms with Gasteiger partial charge in [0.1, 0.15) is 17.1 Å². The molecule has 4 aromatic rings.